The monoisotopic (exact) mass is 343 g/mol. The van der Waals surface area contributed by atoms with Crippen molar-refractivity contribution < 1.29 is 4.79 Å². The SMILES string of the molecule is Cc1cccc(Nc2ccccc2C(=O)N/N=C/c2ccccc2)c1C. The Hall–Kier alpha value is -3.40. The first-order valence-corrected chi connectivity index (χ1v) is 8.46. The first-order chi connectivity index (χ1) is 12.6. The maximum absolute atomic E-state index is 12.5. The molecule has 0 fully saturated rings. The molecule has 0 aliphatic heterocycles. The van der Waals surface area contributed by atoms with Crippen molar-refractivity contribution in [1.82, 2.24) is 5.43 Å². The van der Waals surface area contributed by atoms with Gasteiger partial charge in [-0.3, -0.25) is 4.79 Å². The summed E-state index contributed by atoms with van der Waals surface area (Å²) in [4.78, 5) is 12.5. The van der Waals surface area contributed by atoms with Gasteiger partial charge in [-0.25, -0.2) is 5.43 Å². The molecule has 3 rings (SSSR count). The average molecular weight is 343 g/mol. The number of hydrogen-bond acceptors (Lipinski definition) is 3. The minimum atomic E-state index is -0.259. The van der Waals surface area contributed by atoms with E-state index in [0.717, 1.165) is 22.5 Å². The normalized spacial score (nSPS) is 10.7. The van der Waals surface area contributed by atoms with E-state index in [4.69, 9.17) is 0 Å². The number of nitrogens with zero attached hydrogens (tertiary/aromatic N) is 1. The molecule has 0 aromatic heterocycles. The zero-order chi connectivity index (χ0) is 18.4. The second-order valence-electron chi connectivity index (χ2n) is 6.03. The molecule has 3 aromatic carbocycles. The number of amides is 1. The smallest absolute Gasteiger partial charge is 0.273 e. The highest BCUT2D eigenvalue weighted by molar-refractivity contribution is 6.00. The van der Waals surface area contributed by atoms with Crippen LogP contribution in [0, 0.1) is 13.8 Å². The Kier molecular flexibility index (Phi) is 5.44. The molecule has 0 bridgehead atoms. The van der Waals surface area contributed by atoms with Crippen molar-refractivity contribution in [1.29, 1.82) is 0 Å². The Labute approximate surface area is 153 Å². The van der Waals surface area contributed by atoms with Gasteiger partial charge in [-0.05, 0) is 48.7 Å². The van der Waals surface area contributed by atoms with Crippen LogP contribution in [0.5, 0.6) is 0 Å². The van der Waals surface area contributed by atoms with Gasteiger partial charge in [-0.1, -0.05) is 54.6 Å². The summed E-state index contributed by atoms with van der Waals surface area (Å²) in [5.41, 5.74) is 8.14. The quantitative estimate of drug-likeness (QED) is 0.516. The Bertz CT molecular complexity index is 933. The number of anilines is 2. The van der Waals surface area contributed by atoms with Crippen LogP contribution >= 0.6 is 0 Å². The summed E-state index contributed by atoms with van der Waals surface area (Å²) in [7, 11) is 0. The van der Waals surface area contributed by atoms with Gasteiger partial charge in [-0.2, -0.15) is 5.10 Å². The summed E-state index contributed by atoms with van der Waals surface area (Å²) in [5.74, 6) is -0.259. The number of hydrazone groups is 1. The summed E-state index contributed by atoms with van der Waals surface area (Å²) in [6.45, 7) is 4.13. The highest BCUT2D eigenvalue weighted by atomic mass is 16.2. The van der Waals surface area contributed by atoms with E-state index < -0.39 is 0 Å². The summed E-state index contributed by atoms with van der Waals surface area (Å²) in [5, 5.41) is 7.40. The Morgan fingerprint density at radius 2 is 1.54 bits per heavy atom. The fourth-order valence-electron chi connectivity index (χ4n) is 2.59. The molecule has 0 aliphatic rings. The molecule has 0 aliphatic carbocycles. The maximum atomic E-state index is 12.5. The molecule has 130 valence electrons. The molecule has 2 N–H and O–H groups in total. The largest absolute Gasteiger partial charge is 0.355 e. The summed E-state index contributed by atoms with van der Waals surface area (Å²) >= 11 is 0. The molecule has 0 heterocycles. The van der Waals surface area contributed by atoms with Gasteiger partial charge in [0.15, 0.2) is 0 Å². The summed E-state index contributed by atoms with van der Waals surface area (Å²) in [6.07, 6.45) is 1.62. The highest BCUT2D eigenvalue weighted by Gasteiger charge is 2.11. The third kappa shape index (κ3) is 4.16. The minimum absolute atomic E-state index is 0.259. The van der Waals surface area contributed by atoms with Gasteiger partial charge in [0, 0.05) is 5.69 Å². The van der Waals surface area contributed by atoms with Crippen LogP contribution in [0.1, 0.15) is 27.0 Å². The number of nitrogens with one attached hydrogen (secondary N) is 2. The van der Waals surface area contributed by atoms with Gasteiger partial charge >= 0.3 is 0 Å². The Morgan fingerprint density at radius 1 is 0.846 bits per heavy atom. The molecule has 4 heteroatoms. The van der Waals surface area contributed by atoms with Crippen molar-refractivity contribution in [2.24, 2.45) is 5.10 Å². The number of hydrogen-bond donors (Lipinski definition) is 2. The number of aryl methyl sites for hydroxylation is 1. The van der Waals surface area contributed by atoms with E-state index in [1.165, 1.54) is 5.56 Å². The van der Waals surface area contributed by atoms with Gasteiger partial charge in [-0.15, -0.1) is 0 Å². The van der Waals surface area contributed by atoms with Gasteiger partial charge in [0.25, 0.3) is 5.91 Å². The maximum Gasteiger partial charge on any atom is 0.273 e. The summed E-state index contributed by atoms with van der Waals surface area (Å²) < 4.78 is 0. The molecule has 0 saturated carbocycles. The number of para-hydroxylation sites is 1. The molecule has 26 heavy (non-hydrogen) atoms. The first-order valence-electron chi connectivity index (χ1n) is 8.46. The van der Waals surface area contributed by atoms with E-state index in [0.29, 0.717) is 5.56 Å². The highest BCUT2D eigenvalue weighted by Crippen LogP contribution is 2.25. The Balaban J connectivity index is 1.77. The molecular formula is C22H21N3O. The van der Waals surface area contributed by atoms with E-state index >= 15 is 0 Å². The van der Waals surface area contributed by atoms with Gasteiger partial charge in [0.2, 0.25) is 0 Å². The van der Waals surface area contributed by atoms with E-state index in [1.807, 2.05) is 60.7 Å². The van der Waals surface area contributed by atoms with Crippen LogP contribution in [0.15, 0.2) is 77.9 Å². The van der Waals surface area contributed by atoms with E-state index in [2.05, 4.69) is 35.8 Å². The molecule has 0 saturated heterocycles. The second-order valence-corrected chi connectivity index (χ2v) is 6.03. The van der Waals surface area contributed by atoms with Crippen molar-refractivity contribution in [3.8, 4) is 0 Å². The zero-order valence-electron chi connectivity index (χ0n) is 14.9. The number of benzene rings is 3. The van der Waals surface area contributed by atoms with Crippen LogP contribution in [0.4, 0.5) is 11.4 Å². The standard InChI is InChI=1S/C22H21N3O/c1-16-9-8-14-20(17(16)2)24-21-13-7-6-12-19(21)22(26)25-23-15-18-10-4-3-5-11-18/h3-15,24H,1-2H3,(H,25,26)/b23-15+. The third-order valence-corrected chi connectivity index (χ3v) is 4.22. The van der Waals surface area contributed by atoms with E-state index in [1.54, 1.807) is 12.3 Å². The van der Waals surface area contributed by atoms with Crippen molar-refractivity contribution in [2.75, 3.05) is 5.32 Å². The van der Waals surface area contributed by atoms with Crippen LogP contribution < -0.4 is 10.7 Å². The lowest BCUT2D eigenvalue weighted by Crippen LogP contribution is -2.19. The Morgan fingerprint density at radius 3 is 2.35 bits per heavy atom. The van der Waals surface area contributed by atoms with Crippen LogP contribution in [0.25, 0.3) is 0 Å². The van der Waals surface area contributed by atoms with E-state index in [9.17, 15) is 4.79 Å². The minimum Gasteiger partial charge on any atom is -0.355 e. The molecule has 4 nitrogen and oxygen atoms in total. The fourth-order valence-corrected chi connectivity index (χ4v) is 2.59. The van der Waals surface area contributed by atoms with Crippen molar-refractivity contribution in [3.63, 3.8) is 0 Å². The van der Waals surface area contributed by atoms with E-state index in [-0.39, 0.29) is 5.91 Å². The fraction of sp³-hybridized carbons (Fsp3) is 0.0909. The van der Waals surface area contributed by atoms with Gasteiger partial charge in [0.1, 0.15) is 0 Å². The van der Waals surface area contributed by atoms with Crippen LogP contribution in [-0.2, 0) is 0 Å². The van der Waals surface area contributed by atoms with Crippen molar-refractivity contribution in [2.45, 2.75) is 13.8 Å². The zero-order valence-corrected chi connectivity index (χ0v) is 14.9. The number of carbonyl (C=O) groups excluding carboxylic acids is 1. The van der Waals surface area contributed by atoms with Gasteiger partial charge in [0.05, 0.1) is 17.5 Å². The van der Waals surface area contributed by atoms with Crippen molar-refractivity contribution >= 4 is 23.5 Å². The number of rotatable bonds is 5. The van der Waals surface area contributed by atoms with Crippen LogP contribution in [-0.4, -0.2) is 12.1 Å². The van der Waals surface area contributed by atoms with Crippen molar-refractivity contribution in [3.05, 3.63) is 95.1 Å². The molecule has 0 spiro atoms. The predicted molar refractivity (Wildman–Crippen MR) is 107 cm³/mol. The lowest BCUT2D eigenvalue weighted by atomic mass is 10.1. The summed E-state index contributed by atoms with van der Waals surface area (Å²) in [6, 6.07) is 23.1. The molecular weight excluding hydrogens is 322 g/mol. The average Bonchev–Trinajstić information content (AvgIpc) is 2.67. The lowest BCUT2D eigenvalue weighted by Gasteiger charge is -2.14. The molecule has 0 unspecified atom stereocenters. The topological polar surface area (TPSA) is 53.5 Å². The van der Waals surface area contributed by atoms with Gasteiger partial charge < -0.3 is 5.32 Å². The van der Waals surface area contributed by atoms with Crippen LogP contribution in [0.2, 0.25) is 0 Å². The molecule has 0 radical (unpaired) electrons. The number of carbonyl (C=O) groups is 1. The van der Waals surface area contributed by atoms with Crippen LogP contribution in [0.3, 0.4) is 0 Å². The lowest BCUT2D eigenvalue weighted by molar-refractivity contribution is 0.0956. The predicted octanol–water partition coefficient (Wildman–Crippen LogP) is 4.81. The molecule has 0 atom stereocenters. The molecule has 1 amide bonds. The molecule has 3 aromatic rings. The second kappa shape index (κ2) is 8.12. The third-order valence-electron chi connectivity index (χ3n) is 4.22. The first kappa shape index (κ1) is 17.4.